The lowest BCUT2D eigenvalue weighted by Gasteiger charge is -2.19. The first-order valence-electron chi connectivity index (χ1n) is 5.13. The van der Waals surface area contributed by atoms with Crippen LogP contribution in [0.25, 0.3) is 0 Å². The van der Waals surface area contributed by atoms with Crippen molar-refractivity contribution < 1.29 is 29.6 Å². The highest BCUT2D eigenvalue weighted by atomic mass is 16.5. The fourth-order valence-corrected chi connectivity index (χ4v) is 1.23. The minimum atomic E-state index is -2.15. The van der Waals surface area contributed by atoms with Crippen LogP contribution in [-0.2, 0) is 14.3 Å². The predicted octanol–water partition coefficient (Wildman–Crippen LogP) is 0.266. The molecule has 0 aliphatic rings. The van der Waals surface area contributed by atoms with Crippen molar-refractivity contribution in [3.05, 3.63) is 0 Å². The van der Waals surface area contributed by atoms with E-state index >= 15 is 0 Å². The van der Waals surface area contributed by atoms with Crippen LogP contribution in [0.4, 0.5) is 0 Å². The van der Waals surface area contributed by atoms with Crippen molar-refractivity contribution in [3.8, 4) is 0 Å². The molecule has 0 aromatic carbocycles. The third-order valence-electron chi connectivity index (χ3n) is 1.96. The third-order valence-corrected chi connectivity index (χ3v) is 1.96. The van der Waals surface area contributed by atoms with Gasteiger partial charge in [-0.3, -0.25) is 9.59 Å². The lowest BCUT2D eigenvalue weighted by molar-refractivity contribution is -0.184. The SMILES string of the molecule is CC(=O)OCCCCCC(O)(O)CC(=O)O. The van der Waals surface area contributed by atoms with Crippen LogP contribution >= 0.6 is 0 Å². The lowest BCUT2D eigenvalue weighted by Crippen LogP contribution is -2.31. The number of carboxylic acid groups (broad SMARTS) is 1. The van der Waals surface area contributed by atoms with Gasteiger partial charge in [0.1, 0.15) is 0 Å². The maximum absolute atomic E-state index is 10.4. The number of esters is 1. The highest BCUT2D eigenvalue weighted by molar-refractivity contribution is 5.67. The van der Waals surface area contributed by atoms with Gasteiger partial charge in [0.25, 0.3) is 0 Å². The van der Waals surface area contributed by atoms with Crippen LogP contribution in [0.1, 0.15) is 39.0 Å². The van der Waals surface area contributed by atoms with Gasteiger partial charge in [-0.05, 0) is 19.3 Å². The Kier molecular flexibility index (Phi) is 6.67. The zero-order chi connectivity index (χ0) is 12.6. The Balaban J connectivity index is 3.50. The zero-order valence-corrected chi connectivity index (χ0v) is 9.31. The second-order valence-electron chi connectivity index (χ2n) is 3.70. The van der Waals surface area contributed by atoms with Crippen molar-refractivity contribution in [2.45, 2.75) is 44.8 Å². The van der Waals surface area contributed by atoms with Gasteiger partial charge < -0.3 is 20.1 Å². The van der Waals surface area contributed by atoms with Gasteiger partial charge in [0.2, 0.25) is 0 Å². The molecule has 0 saturated carbocycles. The molecule has 0 amide bonds. The normalized spacial score (nSPS) is 11.2. The Labute approximate surface area is 93.8 Å². The van der Waals surface area contributed by atoms with E-state index in [9.17, 15) is 19.8 Å². The smallest absolute Gasteiger partial charge is 0.308 e. The Morgan fingerprint density at radius 2 is 1.81 bits per heavy atom. The summed E-state index contributed by atoms with van der Waals surface area (Å²) in [5.41, 5.74) is 0. The molecule has 6 heteroatoms. The van der Waals surface area contributed by atoms with Crippen molar-refractivity contribution in [3.63, 3.8) is 0 Å². The zero-order valence-electron chi connectivity index (χ0n) is 9.31. The molecule has 6 nitrogen and oxygen atoms in total. The average Bonchev–Trinajstić information content (AvgIpc) is 2.08. The Bertz CT molecular complexity index is 235. The largest absolute Gasteiger partial charge is 0.481 e. The summed E-state index contributed by atoms with van der Waals surface area (Å²) < 4.78 is 4.68. The number of unbranched alkanes of at least 4 members (excludes halogenated alkanes) is 2. The van der Waals surface area contributed by atoms with E-state index in [2.05, 4.69) is 4.74 Å². The standard InChI is InChI=1S/C10H18O6/c1-8(11)16-6-4-2-3-5-10(14,15)7-9(12)13/h14-15H,2-7H2,1H3,(H,12,13). The Hall–Kier alpha value is -1.14. The molecule has 0 aromatic heterocycles. The minimum absolute atomic E-state index is 0.000624. The molecule has 0 heterocycles. The topological polar surface area (TPSA) is 104 Å². The van der Waals surface area contributed by atoms with E-state index in [-0.39, 0.29) is 12.4 Å². The number of ether oxygens (including phenoxy) is 1. The molecule has 0 aliphatic heterocycles. The molecule has 0 saturated heterocycles. The fourth-order valence-electron chi connectivity index (χ4n) is 1.23. The van der Waals surface area contributed by atoms with E-state index in [0.29, 0.717) is 25.9 Å². The van der Waals surface area contributed by atoms with Crippen molar-refractivity contribution >= 4 is 11.9 Å². The van der Waals surface area contributed by atoms with Gasteiger partial charge in [0, 0.05) is 13.3 Å². The molecule has 0 atom stereocenters. The molecule has 0 spiro atoms. The first-order valence-corrected chi connectivity index (χ1v) is 5.13. The van der Waals surface area contributed by atoms with E-state index in [0.717, 1.165) is 0 Å². The molecule has 16 heavy (non-hydrogen) atoms. The summed E-state index contributed by atoms with van der Waals surface area (Å²) in [6.07, 6.45) is 1.07. The van der Waals surface area contributed by atoms with Gasteiger partial charge in [-0.25, -0.2) is 0 Å². The molecule has 0 bridgehead atoms. The molecule has 0 radical (unpaired) electrons. The summed E-state index contributed by atoms with van der Waals surface area (Å²) in [7, 11) is 0. The van der Waals surface area contributed by atoms with Crippen LogP contribution in [0.2, 0.25) is 0 Å². The summed E-state index contributed by atoms with van der Waals surface area (Å²) in [4.78, 5) is 20.6. The number of carbonyl (C=O) groups excluding carboxylic acids is 1. The molecule has 0 rings (SSSR count). The number of rotatable bonds is 8. The van der Waals surface area contributed by atoms with E-state index < -0.39 is 18.2 Å². The van der Waals surface area contributed by atoms with Crippen molar-refractivity contribution in [1.29, 1.82) is 0 Å². The molecule has 0 unspecified atom stereocenters. The van der Waals surface area contributed by atoms with Gasteiger partial charge in [-0.1, -0.05) is 0 Å². The highest BCUT2D eigenvalue weighted by Crippen LogP contribution is 2.15. The third kappa shape index (κ3) is 9.42. The number of aliphatic hydroxyl groups is 2. The average molecular weight is 234 g/mol. The Morgan fingerprint density at radius 1 is 1.19 bits per heavy atom. The monoisotopic (exact) mass is 234 g/mol. The second-order valence-corrected chi connectivity index (χ2v) is 3.70. The van der Waals surface area contributed by atoms with Crippen LogP contribution < -0.4 is 0 Å². The van der Waals surface area contributed by atoms with Gasteiger partial charge in [0.05, 0.1) is 13.0 Å². The summed E-state index contributed by atoms with van der Waals surface area (Å²) >= 11 is 0. The summed E-state index contributed by atoms with van der Waals surface area (Å²) in [6.45, 7) is 1.62. The number of aliphatic carboxylic acids is 1. The fraction of sp³-hybridized carbons (Fsp3) is 0.800. The van der Waals surface area contributed by atoms with Crippen molar-refractivity contribution in [2.75, 3.05) is 6.61 Å². The molecule has 3 N–H and O–H groups in total. The van der Waals surface area contributed by atoms with Gasteiger partial charge in [-0.15, -0.1) is 0 Å². The van der Waals surface area contributed by atoms with E-state index in [1.54, 1.807) is 0 Å². The number of hydrogen-bond acceptors (Lipinski definition) is 5. The maximum atomic E-state index is 10.4. The molecule has 94 valence electrons. The van der Waals surface area contributed by atoms with Crippen LogP contribution in [0.3, 0.4) is 0 Å². The van der Waals surface area contributed by atoms with E-state index in [1.807, 2.05) is 0 Å². The van der Waals surface area contributed by atoms with Crippen molar-refractivity contribution in [2.24, 2.45) is 0 Å². The predicted molar refractivity (Wildman–Crippen MR) is 54.5 cm³/mol. The van der Waals surface area contributed by atoms with Gasteiger partial charge in [-0.2, -0.15) is 0 Å². The summed E-state index contributed by atoms with van der Waals surface area (Å²) in [6, 6.07) is 0. The summed E-state index contributed by atoms with van der Waals surface area (Å²) in [5, 5.41) is 26.8. The van der Waals surface area contributed by atoms with E-state index in [1.165, 1.54) is 6.92 Å². The summed E-state index contributed by atoms with van der Waals surface area (Å²) in [5.74, 6) is -3.73. The first kappa shape index (κ1) is 14.9. The van der Waals surface area contributed by atoms with Crippen LogP contribution in [0.5, 0.6) is 0 Å². The van der Waals surface area contributed by atoms with Gasteiger partial charge >= 0.3 is 11.9 Å². The lowest BCUT2D eigenvalue weighted by atomic mass is 10.0. The van der Waals surface area contributed by atoms with Crippen molar-refractivity contribution in [1.82, 2.24) is 0 Å². The van der Waals surface area contributed by atoms with E-state index in [4.69, 9.17) is 5.11 Å². The quantitative estimate of drug-likeness (QED) is 0.316. The Morgan fingerprint density at radius 3 is 2.31 bits per heavy atom. The number of hydrogen-bond donors (Lipinski definition) is 3. The molecular formula is C10H18O6. The molecule has 0 fully saturated rings. The van der Waals surface area contributed by atoms with Gasteiger partial charge in [0.15, 0.2) is 5.79 Å². The molecule has 0 aromatic rings. The van der Waals surface area contributed by atoms with Crippen LogP contribution in [0.15, 0.2) is 0 Å². The molecule has 0 aliphatic carbocycles. The highest BCUT2D eigenvalue weighted by Gasteiger charge is 2.25. The minimum Gasteiger partial charge on any atom is -0.481 e. The van der Waals surface area contributed by atoms with Crippen LogP contribution in [0, 0.1) is 0 Å². The number of carbonyl (C=O) groups is 2. The maximum Gasteiger partial charge on any atom is 0.308 e. The number of carboxylic acids is 1. The first-order chi connectivity index (χ1) is 7.33. The molecular weight excluding hydrogens is 216 g/mol. The second kappa shape index (κ2) is 7.19. The van der Waals surface area contributed by atoms with Crippen LogP contribution in [-0.4, -0.2) is 39.7 Å².